The number of aromatic carboxylic acids is 1. The van der Waals surface area contributed by atoms with Crippen LogP contribution in [0.1, 0.15) is 47.1 Å². The first-order chi connectivity index (χ1) is 8.50. The summed E-state index contributed by atoms with van der Waals surface area (Å²) in [5.41, 5.74) is 0.0940. The van der Waals surface area contributed by atoms with Crippen LogP contribution in [0.2, 0.25) is 0 Å². The third-order valence-electron chi connectivity index (χ3n) is 2.68. The summed E-state index contributed by atoms with van der Waals surface area (Å²) in [6, 6.07) is 0. The Morgan fingerprint density at radius 2 is 1.42 bits per heavy atom. The van der Waals surface area contributed by atoms with Gasteiger partial charge in [-0.3, -0.25) is 4.79 Å². The third-order valence-corrected chi connectivity index (χ3v) is 6.32. The molecule has 1 rings (SSSR count). The molecule has 0 radical (unpaired) electrons. The molecular formula is C13H13Br3O3. The minimum absolute atomic E-state index is 0.0295. The molecule has 0 atom stereocenters. The average molecular weight is 457 g/mol. The molecule has 0 aromatic heterocycles. The zero-order chi connectivity index (χ0) is 15.1. The lowest BCUT2D eigenvalue weighted by Gasteiger charge is -2.21. The van der Waals surface area contributed by atoms with Crippen LogP contribution in [-0.2, 0) is 0 Å². The van der Waals surface area contributed by atoms with E-state index in [0.29, 0.717) is 19.0 Å². The minimum atomic E-state index is -1.11. The standard InChI is InChI=1S/C13H13Br3O3/c1-5-6(12(18)19)7(11(17)13(2,3)4)9(15)10(16)8(5)14/h1-4H3,(H,18,19). The highest BCUT2D eigenvalue weighted by Crippen LogP contribution is 2.41. The van der Waals surface area contributed by atoms with E-state index in [-0.39, 0.29) is 16.9 Å². The number of carboxylic acids is 1. The van der Waals surface area contributed by atoms with Crippen LogP contribution in [0.5, 0.6) is 0 Å². The van der Waals surface area contributed by atoms with E-state index in [9.17, 15) is 14.7 Å². The van der Waals surface area contributed by atoms with Gasteiger partial charge in [-0.2, -0.15) is 0 Å². The molecular weight excluding hydrogens is 444 g/mol. The molecule has 1 aromatic rings. The number of hydrogen-bond donors (Lipinski definition) is 1. The van der Waals surface area contributed by atoms with E-state index in [0.717, 1.165) is 0 Å². The topological polar surface area (TPSA) is 54.4 Å². The van der Waals surface area contributed by atoms with E-state index in [2.05, 4.69) is 47.8 Å². The minimum Gasteiger partial charge on any atom is -0.478 e. The quantitative estimate of drug-likeness (QED) is 0.491. The molecule has 0 bridgehead atoms. The van der Waals surface area contributed by atoms with Crippen molar-refractivity contribution in [2.75, 3.05) is 0 Å². The molecule has 0 heterocycles. The Kier molecular flexibility index (Phi) is 5.02. The Labute approximate surface area is 137 Å². The molecule has 0 saturated carbocycles. The van der Waals surface area contributed by atoms with Crippen molar-refractivity contribution in [3.8, 4) is 0 Å². The van der Waals surface area contributed by atoms with Gasteiger partial charge in [-0.05, 0) is 60.3 Å². The van der Waals surface area contributed by atoms with Gasteiger partial charge in [0.2, 0.25) is 0 Å². The number of Topliss-reactive ketones (excluding diaryl/α,β-unsaturated/α-hetero) is 1. The second-order valence-electron chi connectivity index (χ2n) is 5.20. The Morgan fingerprint density at radius 1 is 0.947 bits per heavy atom. The number of carbonyl (C=O) groups excluding carboxylic acids is 1. The summed E-state index contributed by atoms with van der Waals surface area (Å²) in [5, 5.41) is 9.39. The van der Waals surface area contributed by atoms with Crippen molar-refractivity contribution in [1.82, 2.24) is 0 Å². The second-order valence-corrected chi connectivity index (χ2v) is 7.58. The predicted molar refractivity (Wildman–Crippen MR) is 85.0 cm³/mol. The summed E-state index contributed by atoms with van der Waals surface area (Å²) < 4.78 is 1.73. The van der Waals surface area contributed by atoms with E-state index in [1.54, 1.807) is 27.7 Å². The lowest BCUT2D eigenvalue weighted by Crippen LogP contribution is -2.24. The Bertz CT molecular complexity index is 572. The summed E-state index contributed by atoms with van der Waals surface area (Å²) in [5.74, 6) is -1.33. The van der Waals surface area contributed by atoms with Gasteiger partial charge in [0.25, 0.3) is 0 Å². The van der Waals surface area contributed by atoms with Crippen LogP contribution < -0.4 is 0 Å². The first-order valence-electron chi connectivity index (χ1n) is 5.45. The van der Waals surface area contributed by atoms with Crippen LogP contribution >= 0.6 is 47.8 Å². The van der Waals surface area contributed by atoms with Gasteiger partial charge in [0.05, 0.1) is 5.56 Å². The van der Waals surface area contributed by atoms with Crippen LogP contribution in [0.4, 0.5) is 0 Å². The number of benzene rings is 1. The van der Waals surface area contributed by atoms with Crippen molar-refractivity contribution in [3.05, 3.63) is 30.1 Å². The predicted octanol–water partition coefficient (Wildman–Crippen LogP) is 5.21. The molecule has 0 unspecified atom stereocenters. The first-order valence-corrected chi connectivity index (χ1v) is 7.83. The maximum Gasteiger partial charge on any atom is 0.336 e. The SMILES string of the molecule is Cc1c(Br)c(Br)c(Br)c(C(=O)C(C)(C)C)c1C(=O)O. The van der Waals surface area contributed by atoms with Gasteiger partial charge in [-0.25, -0.2) is 4.79 Å². The zero-order valence-corrected chi connectivity index (χ0v) is 15.7. The van der Waals surface area contributed by atoms with Crippen LogP contribution in [0.15, 0.2) is 13.4 Å². The summed E-state index contributed by atoms with van der Waals surface area (Å²) in [7, 11) is 0. The van der Waals surface area contributed by atoms with Gasteiger partial charge in [0, 0.05) is 24.4 Å². The zero-order valence-electron chi connectivity index (χ0n) is 10.9. The van der Waals surface area contributed by atoms with Gasteiger partial charge in [0.15, 0.2) is 5.78 Å². The van der Waals surface area contributed by atoms with E-state index < -0.39 is 11.4 Å². The van der Waals surface area contributed by atoms with Gasteiger partial charge in [-0.1, -0.05) is 20.8 Å². The first kappa shape index (κ1) is 16.9. The lowest BCUT2D eigenvalue weighted by molar-refractivity contribution is 0.0686. The average Bonchev–Trinajstić information content (AvgIpc) is 2.28. The van der Waals surface area contributed by atoms with Crippen molar-refractivity contribution < 1.29 is 14.7 Å². The fourth-order valence-corrected chi connectivity index (χ4v) is 3.37. The molecule has 3 nitrogen and oxygen atoms in total. The normalized spacial score (nSPS) is 11.5. The lowest BCUT2D eigenvalue weighted by atomic mass is 9.83. The summed E-state index contributed by atoms with van der Waals surface area (Å²) >= 11 is 10.0. The van der Waals surface area contributed by atoms with Crippen molar-refractivity contribution >= 4 is 59.5 Å². The van der Waals surface area contributed by atoms with Gasteiger partial charge >= 0.3 is 5.97 Å². The molecule has 0 aliphatic carbocycles. The molecule has 0 saturated heterocycles. The summed E-state index contributed by atoms with van der Waals surface area (Å²) in [4.78, 5) is 24.0. The van der Waals surface area contributed by atoms with Crippen LogP contribution in [0, 0.1) is 12.3 Å². The fraction of sp³-hybridized carbons (Fsp3) is 0.385. The monoisotopic (exact) mass is 454 g/mol. The molecule has 0 aliphatic heterocycles. The number of ketones is 1. The number of rotatable bonds is 2. The molecule has 1 N–H and O–H groups in total. The van der Waals surface area contributed by atoms with Gasteiger partial charge in [0.1, 0.15) is 0 Å². The van der Waals surface area contributed by atoms with E-state index in [1.165, 1.54) is 0 Å². The molecule has 0 aliphatic rings. The van der Waals surface area contributed by atoms with Crippen molar-refractivity contribution in [3.63, 3.8) is 0 Å². The largest absolute Gasteiger partial charge is 0.478 e. The molecule has 0 amide bonds. The molecule has 0 spiro atoms. The fourth-order valence-electron chi connectivity index (χ4n) is 1.63. The number of halogens is 3. The van der Waals surface area contributed by atoms with Crippen LogP contribution in [-0.4, -0.2) is 16.9 Å². The molecule has 0 fully saturated rings. The Morgan fingerprint density at radius 3 is 1.79 bits per heavy atom. The van der Waals surface area contributed by atoms with Gasteiger partial charge < -0.3 is 5.11 Å². The Hall–Kier alpha value is -0.200. The second kappa shape index (κ2) is 5.66. The van der Waals surface area contributed by atoms with Gasteiger partial charge in [-0.15, -0.1) is 0 Å². The molecule has 104 valence electrons. The number of carboxylic acid groups (broad SMARTS) is 1. The molecule has 6 heteroatoms. The molecule has 1 aromatic carbocycles. The summed E-state index contributed by atoms with van der Waals surface area (Å²) in [6.07, 6.45) is 0. The van der Waals surface area contributed by atoms with Crippen molar-refractivity contribution in [2.24, 2.45) is 5.41 Å². The smallest absolute Gasteiger partial charge is 0.336 e. The van der Waals surface area contributed by atoms with Crippen LogP contribution in [0.3, 0.4) is 0 Å². The van der Waals surface area contributed by atoms with Crippen LogP contribution in [0.25, 0.3) is 0 Å². The number of carbonyl (C=O) groups is 2. The summed E-state index contributed by atoms with van der Waals surface area (Å²) in [6.45, 7) is 6.96. The van der Waals surface area contributed by atoms with Crippen molar-refractivity contribution in [2.45, 2.75) is 27.7 Å². The number of hydrogen-bond acceptors (Lipinski definition) is 2. The van der Waals surface area contributed by atoms with Crippen molar-refractivity contribution in [1.29, 1.82) is 0 Å². The molecule has 19 heavy (non-hydrogen) atoms. The maximum atomic E-state index is 12.5. The highest BCUT2D eigenvalue weighted by atomic mass is 79.9. The van der Waals surface area contributed by atoms with E-state index in [1.807, 2.05) is 0 Å². The highest BCUT2D eigenvalue weighted by Gasteiger charge is 2.32. The van der Waals surface area contributed by atoms with E-state index in [4.69, 9.17) is 0 Å². The third kappa shape index (κ3) is 3.11. The van der Waals surface area contributed by atoms with E-state index >= 15 is 0 Å². The Balaban J connectivity index is 3.82. The maximum absolute atomic E-state index is 12.5. The highest BCUT2D eigenvalue weighted by molar-refractivity contribution is 9.14.